The van der Waals surface area contributed by atoms with Crippen LogP contribution in [0.15, 0.2) is 42.1 Å². The zero-order valence-corrected chi connectivity index (χ0v) is 16.3. The molecular formula is C18H30O2Si2. The lowest BCUT2D eigenvalue weighted by Crippen LogP contribution is -2.49. The first-order chi connectivity index (χ1) is 10.6. The maximum absolute atomic E-state index is 5.99. The van der Waals surface area contributed by atoms with Gasteiger partial charge in [0.15, 0.2) is 0 Å². The lowest BCUT2D eigenvalue weighted by molar-refractivity contribution is 0.279. The molecule has 22 heavy (non-hydrogen) atoms. The Labute approximate surface area is 138 Å². The lowest BCUT2D eigenvalue weighted by Gasteiger charge is -2.31. The summed E-state index contributed by atoms with van der Waals surface area (Å²) in [6, 6.07) is 13.3. The van der Waals surface area contributed by atoms with Gasteiger partial charge >= 0.3 is 0 Å². The first-order valence-electron chi connectivity index (χ1n) is 8.58. The third-order valence-corrected chi connectivity index (χ3v) is 11.0. The molecule has 1 aromatic carbocycles. The van der Waals surface area contributed by atoms with Crippen molar-refractivity contribution in [3.63, 3.8) is 0 Å². The minimum atomic E-state index is -1.51. The van der Waals surface area contributed by atoms with Gasteiger partial charge in [-0.25, -0.2) is 0 Å². The largest absolute Gasteiger partial charge is 0.416 e. The van der Waals surface area contributed by atoms with Gasteiger partial charge in [0, 0.05) is 13.2 Å². The van der Waals surface area contributed by atoms with E-state index in [2.05, 4.69) is 50.4 Å². The average Bonchev–Trinajstić information content (AvgIpc) is 2.58. The van der Waals surface area contributed by atoms with Crippen LogP contribution >= 0.6 is 0 Å². The fourth-order valence-corrected chi connectivity index (χ4v) is 8.15. The van der Waals surface area contributed by atoms with Crippen LogP contribution in [-0.2, 0) is 8.85 Å². The van der Waals surface area contributed by atoms with E-state index in [1.165, 1.54) is 48.2 Å². The first-order valence-corrected chi connectivity index (χ1v) is 13.1. The van der Waals surface area contributed by atoms with Crippen LogP contribution in [0.4, 0.5) is 0 Å². The van der Waals surface area contributed by atoms with Crippen LogP contribution in [0.25, 0.3) is 0 Å². The summed E-state index contributed by atoms with van der Waals surface area (Å²) in [4.78, 5) is 0. The molecule has 4 heteroatoms. The third kappa shape index (κ3) is 5.19. The Kier molecular flexibility index (Phi) is 7.08. The zero-order chi connectivity index (χ0) is 15.8. The SMILES string of the molecule is C=C(C)[SiH]1CCCCO1.C[Si]1(c2ccccc2)CCCCO1. The Bertz CT molecular complexity index is 449. The Morgan fingerprint density at radius 3 is 2.32 bits per heavy atom. The predicted octanol–water partition coefficient (Wildman–Crippen LogP) is 3.92. The topological polar surface area (TPSA) is 18.5 Å². The number of hydrogen-bond acceptors (Lipinski definition) is 2. The van der Waals surface area contributed by atoms with E-state index in [1.54, 1.807) is 0 Å². The van der Waals surface area contributed by atoms with Crippen molar-refractivity contribution in [1.29, 1.82) is 0 Å². The summed E-state index contributed by atoms with van der Waals surface area (Å²) in [6.07, 6.45) is 5.22. The van der Waals surface area contributed by atoms with Gasteiger partial charge in [-0.05, 0) is 43.6 Å². The molecule has 1 aromatic rings. The average molecular weight is 335 g/mol. The minimum absolute atomic E-state index is 0.894. The van der Waals surface area contributed by atoms with E-state index >= 15 is 0 Å². The molecule has 2 nitrogen and oxygen atoms in total. The number of benzene rings is 1. The van der Waals surface area contributed by atoms with Gasteiger partial charge in [-0.1, -0.05) is 48.4 Å². The maximum atomic E-state index is 5.99. The molecule has 2 aliphatic rings. The normalized spacial score (nSPS) is 28.4. The summed E-state index contributed by atoms with van der Waals surface area (Å²) in [5.74, 6) is 0. The van der Waals surface area contributed by atoms with Crippen molar-refractivity contribution in [2.24, 2.45) is 0 Å². The fraction of sp³-hybridized carbons (Fsp3) is 0.556. The minimum Gasteiger partial charge on any atom is -0.416 e. The van der Waals surface area contributed by atoms with Crippen LogP contribution in [-0.4, -0.2) is 30.6 Å². The van der Waals surface area contributed by atoms with E-state index in [1.807, 2.05) is 0 Å². The van der Waals surface area contributed by atoms with Crippen molar-refractivity contribution in [2.45, 2.75) is 51.2 Å². The molecule has 0 aromatic heterocycles. The molecule has 2 unspecified atom stereocenters. The molecule has 0 spiro atoms. The third-order valence-electron chi connectivity index (χ3n) is 4.58. The van der Waals surface area contributed by atoms with Crippen LogP contribution in [0.5, 0.6) is 0 Å². The Hall–Kier alpha value is -0.686. The highest BCUT2D eigenvalue weighted by Crippen LogP contribution is 2.21. The van der Waals surface area contributed by atoms with Gasteiger partial charge in [0.05, 0.1) is 0 Å². The smallest absolute Gasteiger partial charge is 0.221 e. The molecule has 2 atom stereocenters. The highest BCUT2D eigenvalue weighted by molar-refractivity contribution is 6.85. The molecule has 0 aliphatic carbocycles. The van der Waals surface area contributed by atoms with Crippen molar-refractivity contribution >= 4 is 22.5 Å². The molecule has 2 aliphatic heterocycles. The second-order valence-electron chi connectivity index (χ2n) is 6.60. The van der Waals surface area contributed by atoms with Gasteiger partial charge in [0.25, 0.3) is 0 Å². The maximum Gasteiger partial charge on any atom is 0.221 e. The molecule has 0 radical (unpaired) electrons. The van der Waals surface area contributed by atoms with E-state index < -0.39 is 17.4 Å². The summed E-state index contributed by atoms with van der Waals surface area (Å²) in [5.41, 5.74) is 0. The molecule has 0 bridgehead atoms. The first kappa shape index (κ1) is 17.7. The van der Waals surface area contributed by atoms with Crippen molar-refractivity contribution in [3.8, 4) is 0 Å². The van der Waals surface area contributed by atoms with Gasteiger partial charge in [0.1, 0.15) is 0 Å². The van der Waals surface area contributed by atoms with Gasteiger partial charge in [-0.2, -0.15) is 0 Å². The van der Waals surface area contributed by atoms with Gasteiger partial charge < -0.3 is 8.85 Å². The molecule has 3 rings (SSSR count). The number of allylic oxidation sites excluding steroid dienone is 1. The Morgan fingerprint density at radius 1 is 1.09 bits per heavy atom. The molecule has 2 fully saturated rings. The van der Waals surface area contributed by atoms with Crippen LogP contribution < -0.4 is 5.19 Å². The number of hydrogen-bond donors (Lipinski definition) is 0. The summed E-state index contributed by atoms with van der Waals surface area (Å²) in [6.45, 7) is 10.3. The van der Waals surface area contributed by atoms with Crippen LogP contribution in [0.2, 0.25) is 18.6 Å². The van der Waals surface area contributed by atoms with Crippen LogP contribution in [0, 0.1) is 0 Å². The second-order valence-corrected chi connectivity index (χ2v) is 13.3. The molecule has 122 valence electrons. The van der Waals surface area contributed by atoms with Gasteiger partial charge in [0.2, 0.25) is 17.4 Å². The highest BCUT2D eigenvalue weighted by atomic mass is 28.4. The van der Waals surface area contributed by atoms with Crippen LogP contribution in [0.1, 0.15) is 32.6 Å². The second kappa shape index (κ2) is 8.82. The molecular weight excluding hydrogens is 304 g/mol. The predicted molar refractivity (Wildman–Crippen MR) is 99.6 cm³/mol. The highest BCUT2D eigenvalue weighted by Gasteiger charge is 2.33. The molecule has 0 N–H and O–H groups in total. The van der Waals surface area contributed by atoms with E-state index in [4.69, 9.17) is 8.85 Å². The van der Waals surface area contributed by atoms with Gasteiger partial charge in [-0.3, -0.25) is 0 Å². The Morgan fingerprint density at radius 2 is 1.82 bits per heavy atom. The van der Waals surface area contributed by atoms with Crippen molar-refractivity contribution < 1.29 is 8.85 Å². The summed E-state index contributed by atoms with van der Waals surface area (Å²) in [7, 11) is -2.41. The van der Waals surface area contributed by atoms with E-state index in [0.29, 0.717) is 0 Å². The monoisotopic (exact) mass is 334 g/mol. The molecule has 2 saturated heterocycles. The Balaban J connectivity index is 0.000000172. The van der Waals surface area contributed by atoms with Crippen LogP contribution in [0.3, 0.4) is 0 Å². The van der Waals surface area contributed by atoms with Gasteiger partial charge in [-0.15, -0.1) is 6.58 Å². The number of rotatable bonds is 2. The summed E-state index contributed by atoms with van der Waals surface area (Å²) < 4.78 is 11.6. The summed E-state index contributed by atoms with van der Waals surface area (Å²) in [5, 5.41) is 2.77. The zero-order valence-electron chi connectivity index (χ0n) is 14.1. The molecule has 2 heterocycles. The quantitative estimate of drug-likeness (QED) is 0.763. The summed E-state index contributed by atoms with van der Waals surface area (Å²) >= 11 is 0. The standard InChI is InChI=1S/C11H16OSi.C7H14OSi/c1-13(10-6-5-9-12-13)11-7-3-2-4-8-11;1-7(2)9-6-4-3-5-8-9/h2-4,7-8H,5-6,9-10H2,1H3;9H,1,3-6H2,2H3. The van der Waals surface area contributed by atoms with E-state index in [9.17, 15) is 0 Å². The van der Waals surface area contributed by atoms with Crippen molar-refractivity contribution in [1.82, 2.24) is 0 Å². The van der Waals surface area contributed by atoms with E-state index in [0.717, 1.165) is 13.2 Å². The lowest BCUT2D eigenvalue weighted by atomic mass is 10.3. The molecule has 0 amide bonds. The molecule has 0 saturated carbocycles. The van der Waals surface area contributed by atoms with E-state index in [-0.39, 0.29) is 0 Å². The van der Waals surface area contributed by atoms with Crippen molar-refractivity contribution in [2.75, 3.05) is 13.2 Å². The van der Waals surface area contributed by atoms with Crippen molar-refractivity contribution in [3.05, 3.63) is 42.1 Å². The fourth-order valence-electron chi connectivity index (χ4n) is 3.08.